The summed E-state index contributed by atoms with van der Waals surface area (Å²) in [6.45, 7) is 33.3. The van der Waals surface area contributed by atoms with Crippen molar-refractivity contribution in [2.45, 2.75) is 212 Å². The molecule has 7 nitrogen and oxygen atoms in total. The van der Waals surface area contributed by atoms with Crippen LogP contribution in [0.25, 0.3) is 0 Å². The maximum Gasteiger partial charge on any atom is 0.399 e. The van der Waals surface area contributed by atoms with Crippen LogP contribution in [0, 0.1) is 50.7 Å². The average Bonchev–Trinajstić information content (AvgIpc) is 3.19. The summed E-state index contributed by atoms with van der Waals surface area (Å²) in [6.07, 6.45) is -1.03. The van der Waals surface area contributed by atoms with Crippen LogP contribution in [0.2, 0.25) is 0 Å². The zero-order valence-electron chi connectivity index (χ0n) is 43.2. The van der Waals surface area contributed by atoms with Crippen molar-refractivity contribution in [3.8, 4) is 0 Å². The van der Waals surface area contributed by atoms with Gasteiger partial charge in [-0.05, 0) is 99.9 Å². The number of alkyl halides is 5. The predicted molar refractivity (Wildman–Crippen MR) is 247 cm³/mol. The molecular formula is C52H88F5NO6. The first-order valence-corrected chi connectivity index (χ1v) is 23.7. The van der Waals surface area contributed by atoms with E-state index in [1.807, 2.05) is 101 Å². The second kappa shape index (κ2) is 22.0. The molecule has 1 aromatic carbocycles. The van der Waals surface area contributed by atoms with Crippen LogP contribution < -0.4 is 0 Å². The first kappa shape index (κ1) is 59.4. The van der Waals surface area contributed by atoms with E-state index in [-0.39, 0.29) is 34.9 Å². The summed E-state index contributed by atoms with van der Waals surface area (Å²) in [7, 11) is 0. The van der Waals surface area contributed by atoms with Crippen LogP contribution in [0.3, 0.4) is 0 Å². The van der Waals surface area contributed by atoms with Crippen molar-refractivity contribution in [2.24, 2.45) is 50.7 Å². The number of carbonyl (C=O) groups excluding carboxylic acids is 3. The van der Waals surface area contributed by atoms with Crippen molar-refractivity contribution < 1.29 is 51.0 Å². The van der Waals surface area contributed by atoms with E-state index in [9.17, 15) is 32.8 Å². The fourth-order valence-corrected chi connectivity index (χ4v) is 9.00. The van der Waals surface area contributed by atoms with Gasteiger partial charge in [-0.1, -0.05) is 141 Å². The minimum Gasteiger partial charge on any atom is -0.465 e. The minimum atomic E-state index is -5.12. The lowest BCUT2D eigenvalue weighted by molar-refractivity contribution is -0.314. The second-order valence-corrected chi connectivity index (χ2v) is 22.8. The van der Waals surface area contributed by atoms with Gasteiger partial charge in [0.15, 0.2) is 0 Å². The van der Waals surface area contributed by atoms with Crippen LogP contribution in [-0.4, -0.2) is 64.4 Å². The maximum atomic E-state index is 15.2. The average molecular weight is 918 g/mol. The number of ether oxygens (including phenoxy) is 2. The third-order valence-electron chi connectivity index (χ3n) is 16.4. The number of Topliss-reactive ketones (excluding diaryl/α,β-unsaturated/α-hetero) is 1. The van der Waals surface area contributed by atoms with Gasteiger partial charge in [0.25, 0.3) is 5.92 Å². The highest BCUT2D eigenvalue weighted by molar-refractivity contribution is 5.84. The summed E-state index contributed by atoms with van der Waals surface area (Å²) in [5, 5.41) is 11.8. The monoisotopic (exact) mass is 918 g/mol. The Balaban J connectivity index is 0.00000114. The number of halogens is 5. The van der Waals surface area contributed by atoms with Gasteiger partial charge in [0.05, 0.1) is 36.1 Å². The molecule has 6 unspecified atom stereocenters. The number of ketones is 1. The Morgan fingerprint density at radius 3 is 1.77 bits per heavy atom. The van der Waals surface area contributed by atoms with E-state index in [4.69, 9.17) is 9.47 Å². The van der Waals surface area contributed by atoms with Crippen molar-refractivity contribution in [3.05, 3.63) is 35.9 Å². The minimum absolute atomic E-state index is 0.0906. The van der Waals surface area contributed by atoms with E-state index in [0.29, 0.717) is 39.7 Å². The molecule has 64 heavy (non-hydrogen) atoms. The van der Waals surface area contributed by atoms with Crippen LogP contribution in [0.5, 0.6) is 0 Å². The molecule has 0 spiro atoms. The number of hydroxylamine groups is 2. The van der Waals surface area contributed by atoms with Crippen LogP contribution in [-0.2, 0) is 23.9 Å². The van der Waals surface area contributed by atoms with E-state index < -0.39 is 75.7 Å². The molecule has 0 aromatic heterocycles. The van der Waals surface area contributed by atoms with Crippen LogP contribution in [0.4, 0.5) is 22.0 Å². The number of carbonyl (C=O) groups is 3. The van der Waals surface area contributed by atoms with E-state index in [1.165, 1.54) is 10.6 Å². The van der Waals surface area contributed by atoms with Crippen molar-refractivity contribution in [1.82, 2.24) is 5.06 Å². The van der Waals surface area contributed by atoms with Gasteiger partial charge in [0.1, 0.15) is 11.2 Å². The number of nitrogens with zero attached hydrogens (tertiary/aromatic N) is 1. The van der Waals surface area contributed by atoms with Gasteiger partial charge in [0.2, 0.25) is 0 Å². The van der Waals surface area contributed by atoms with Gasteiger partial charge in [-0.15, -0.1) is 0 Å². The normalized spacial score (nSPS) is 22.3. The number of piperidine rings is 1. The third-order valence-corrected chi connectivity index (χ3v) is 16.4. The molecule has 0 bridgehead atoms. The third kappa shape index (κ3) is 13.1. The number of esters is 2. The first-order chi connectivity index (χ1) is 28.8. The summed E-state index contributed by atoms with van der Waals surface area (Å²) >= 11 is 0. The van der Waals surface area contributed by atoms with Gasteiger partial charge in [-0.2, -0.15) is 18.2 Å². The fourth-order valence-electron chi connectivity index (χ4n) is 9.00. The molecule has 0 amide bonds. The molecule has 0 saturated carbocycles. The Bertz CT molecular complexity index is 1650. The van der Waals surface area contributed by atoms with Gasteiger partial charge in [0, 0.05) is 17.8 Å². The van der Waals surface area contributed by atoms with E-state index in [2.05, 4.69) is 32.9 Å². The lowest BCUT2D eigenvalue weighted by Gasteiger charge is -2.53. The highest BCUT2D eigenvalue weighted by Gasteiger charge is 2.68. The van der Waals surface area contributed by atoms with Crippen molar-refractivity contribution in [3.63, 3.8) is 0 Å². The van der Waals surface area contributed by atoms with Crippen molar-refractivity contribution in [2.75, 3.05) is 13.2 Å². The Labute approximate surface area is 384 Å². The fraction of sp³-hybridized carbons (Fsp3) is 0.827. The zero-order valence-corrected chi connectivity index (χ0v) is 43.2. The first-order valence-electron chi connectivity index (χ1n) is 23.7. The van der Waals surface area contributed by atoms with Gasteiger partial charge in [-0.25, -0.2) is 8.78 Å². The van der Waals surface area contributed by atoms with Gasteiger partial charge in [-0.3, -0.25) is 14.4 Å². The smallest absolute Gasteiger partial charge is 0.399 e. The number of rotatable bonds is 21. The molecular weight excluding hydrogens is 830 g/mol. The lowest BCUT2D eigenvalue weighted by Crippen LogP contribution is -2.65. The molecule has 1 fully saturated rings. The Hall–Kier alpha value is -2.60. The van der Waals surface area contributed by atoms with Crippen LogP contribution in [0.1, 0.15) is 194 Å². The molecule has 1 N–H and O–H groups in total. The maximum absolute atomic E-state index is 15.2. The molecule has 1 heterocycles. The molecule has 2 rings (SSSR count). The molecule has 1 saturated heterocycles. The molecule has 1 aromatic rings. The predicted octanol–water partition coefficient (Wildman–Crippen LogP) is 14.7. The van der Waals surface area contributed by atoms with E-state index in [1.54, 1.807) is 0 Å². The number of hydrogen-bond acceptors (Lipinski definition) is 7. The Kier molecular flexibility index (Phi) is 20.4. The standard InChI is InChI=1S/C40H65F5O4.C12H23NO2/c1-15-16-23-48-33(47)31(26-34(5,6)28(4)29-20-18-17-19-21-29)37(11,12)36(9,10)25-30(27(2)3)32(46)49-24-22-35(7,8)39(41,42)38(13,14)40(43,44)45;1-6-11(4)8-10(14)9(3)12(5,7-2)13(11)15/h17-21,27-28,30-31H,15-16,22-26H2,1-14H3;9,15H,6-8H2,1-5H3. The largest absolute Gasteiger partial charge is 0.465 e. The SMILES string of the molecule is CCC1(C)CC(=O)C(C)C(C)(CC)N1O.CCCCOC(=O)C(CC(C)(C)C(C)c1ccccc1)C(C)(C)C(C)(C)CC(C(=O)OCCC(C)(C)C(F)(F)C(C)(C)C(F)(F)F)C(C)C. The summed E-state index contributed by atoms with van der Waals surface area (Å²) < 4.78 is 82.6. The quantitative estimate of drug-likeness (QED) is 0.0746. The molecule has 0 aliphatic carbocycles. The van der Waals surface area contributed by atoms with Crippen LogP contribution in [0.15, 0.2) is 30.3 Å². The highest BCUT2D eigenvalue weighted by Crippen LogP contribution is 2.58. The molecule has 372 valence electrons. The number of unbranched alkanes of at least 4 members (excludes halogenated alkanes) is 1. The van der Waals surface area contributed by atoms with Gasteiger partial charge < -0.3 is 14.7 Å². The second-order valence-electron chi connectivity index (χ2n) is 22.8. The number of benzene rings is 1. The van der Waals surface area contributed by atoms with Crippen LogP contribution >= 0.6 is 0 Å². The molecule has 12 heteroatoms. The molecule has 1 aliphatic rings. The van der Waals surface area contributed by atoms with Crippen molar-refractivity contribution in [1.29, 1.82) is 0 Å². The van der Waals surface area contributed by atoms with Gasteiger partial charge >= 0.3 is 18.1 Å². The van der Waals surface area contributed by atoms with Crippen molar-refractivity contribution >= 4 is 17.7 Å². The topological polar surface area (TPSA) is 93.1 Å². The zero-order chi connectivity index (χ0) is 50.3. The summed E-state index contributed by atoms with van der Waals surface area (Å²) in [5.41, 5.74) is -6.58. The summed E-state index contributed by atoms with van der Waals surface area (Å²) in [5.74, 6) is -6.01. The molecule has 1 aliphatic heterocycles. The van der Waals surface area contributed by atoms with E-state index >= 15 is 8.78 Å². The summed E-state index contributed by atoms with van der Waals surface area (Å²) in [4.78, 5) is 39.4. The molecule has 0 radical (unpaired) electrons. The summed E-state index contributed by atoms with van der Waals surface area (Å²) in [6, 6.07) is 10.2. The lowest BCUT2D eigenvalue weighted by atomic mass is 9.54. The Morgan fingerprint density at radius 1 is 0.797 bits per heavy atom. The highest BCUT2D eigenvalue weighted by atomic mass is 19.4. The number of hydrogen-bond donors (Lipinski definition) is 1. The Morgan fingerprint density at radius 2 is 1.31 bits per heavy atom. The molecule has 6 atom stereocenters. The van der Waals surface area contributed by atoms with E-state index in [0.717, 1.165) is 39.5 Å².